The summed E-state index contributed by atoms with van der Waals surface area (Å²) < 4.78 is 30.9. The first-order valence-electron chi connectivity index (χ1n) is 9.91. The van der Waals surface area contributed by atoms with Crippen LogP contribution in [0.3, 0.4) is 0 Å². The lowest BCUT2D eigenvalue weighted by molar-refractivity contribution is -0.148. The number of rotatable bonds is 10. The van der Waals surface area contributed by atoms with Gasteiger partial charge in [-0.2, -0.15) is 4.31 Å². The van der Waals surface area contributed by atoms with Crippen molar-refractivity contribution >= 4 is 33.5 Å². The number of sulfonamides is 1. The van der Waals surface area contributed by atoms with Gasteiger partial charge in [-0.3, -0.25) is 14.4 Å². The van der Waals surface area contributed by atoms with Crippen LogP contribution in [0.25, 0.3) is 0 Å². The molecule has 0 aliphatic heterocycles. The number of hydrogen-bond donors (Lipinski definition) is 2. The number of carbonyl (C=O) groups excluding carboxylic acids is 3. The number of anilines is 1. The van der Waals surface area contributed by atoms with Crippen LogP contribution in [0.15, 0.2) is 59.5 Å². The number of carbonyl (C=O) groups is 3. The van der Waals surface area contributed by atoms with Gasteiger partial charge in [-0.05, 0) is 35.7 Å². The van der Waals surface area contributed by atoms with Gasteiger partial charge >= 0.3 is 5.97 Å². The summed E-state index contributed by atoms with van der Waals surface area (Å²) in [6.07, 6.45) is 0. The molecule has 2 aromatic carbocycles. The average molecular weight is 462 g/mol. The summed E-state index contributed by atoms with van der Waals surface area (Å²) in [5.41, 5.74) is 1.52. The molecule has 0 aromatic heterocycles. The van der Waals surface area contributed by atoms with Crippen molar-refractivity contribution in [3.05, 3.63) is 60.2 Å². The van der Waals surface area contributed by atoms with Crippen LogP contribution in [0.5, 0.6) is 0 Å². The molecule has 0 aliphatic rings. The first kappa shape index (κ1) is 25.0. The van der Waals surface area contributed by atoms with Gasteiger partial charge in [-0.15, -0.1) is 0 Å². The van der Waals surface area contributed by atoms with Crippen LogP contribution in [-0.4, -0.2) is 57.3 Å². The molecule has 0 saturated heterocycles. The minimum atomic E-state index is -3.95. The van der Waals surface area contributed by atoms with E-state index in [-0.39, 0.29) is 16.7 Å². The molecule has 0 spiro atoms. The van der Waals surface area contributed by atoms with E-state index in [1.54, 1.807) is 0 Å². The summed E-state index contributed by atoms with van der Waals surface area (Å²) in [7, 11) is -2.71. The molecule has 0 heterocycles. The molecular weight excluding hydrogens is 434 g/mol. The number of nitrogens with zero attached hydrogens (tertiary/aromatic N) is 1. The van der Waals surface area contributed by atoms with Gasteiger partial charge in [0.25, 0.3) is 5.91 Å². The van der Waals surface area contributed by atoms with E-state index in [0.29, 0.717) is 12.2 Å². The minimum Gasteiger partial charge on any atom is -0.455 e. The molecule has 0 unspecified atom stereocenters. The number of likely N-dealkylation sites (N-methyl/N-ethyl adjacent to an activating group) is 1. The van der Waals surface area contributed by atoms with Crippen molar-refractivity contribution < 1.29 is 27.5 Å². The number of nitrogens with one attached hydrogen (secondary N) is 2. The highest BCUT2D eigenvalue weighted by atomic mass is 32.2. The van der Waals surface area contributed by atoms with Crippen LogP contribution < -0.4 is 10.6 Å². The Morgan fingerprint density at radius 1 is 1.03 bits per heavy atom. The normalized spacial score (nSPS) is 12.1. The van der Waals surface area contributed by atoms with Crippen LogP contribution in [0.2, 0.25) is 0 Å². The molecule has 2 amide bonds. The van der Waals surface area contributed by atoms with Gasteiger partial charge in [0.15, 0.2) is 6.61 Å². The van der Waals surface area contributed by atoms with E-state index in [2.05, 4.69) is 10.6 Å². The Balaban J connectivity index is 1.81. The number of benzene rings is 2. The second-order valence-corrected chi connectivity index (χ2v) is 9.29. The second-order valence-electron chi connectivity index (χ2n) is 7.24. The Kier molecular flexibility index (Phi) is 8.91. The van der Waals surface area contributed by atoms with Gasteiger partial charge in [0.2, 0.25) is 15.9 Å². The molecular formula is C22H27N3O6S. The second kappa shape index (κ2) is 11.4. The fourth-order valence-corrected chi connectivity index (χ4v) is 3.88. The van der Waals surface area contributed by atoms with Crippen LogP contribution in [0, 0.1) is 0 Å². The molecule has 10 heteroatoms. The van der Waals surface area contributed by atoms with E-state index in [1.165, 1.54) is 38.2 Å². The molecule has 2 N–H and O–H groups in total. The van der Waals surface area contributed by atoms with E-state index in [4.69, 9.17) is 4.74 Å². The van der Waals surface area contributed by atoms with Crippen LogP contribution >= 0.6 is 0 Å². The molecule has 9 nitrogen and oxygen atoms in total. The SMILES string of the molecule is CC(=O)Nc1ccc(S(=O)(=O)N(C)CC(=O)OCC(=O)NC[C@H](C)c2ccccc2)cc1. The van der Waals surface area contributed by atoms with E-state index in [9.17, 15) is 22.8 Å². The Labute approximate surface area is 187 Å². The van der Waals surface area contributed by atoms with E-state index in [0.717, 1.165) is 9.87 Å². The van der Waals surface area contributed by atoms with Crippen LogP contribution in [0.1, 0.15) is 25.3 Å². The van der Waals surface area contributed by atoms with Crippen LogP contribution in [0.4, 0.5) is 5.69 Å². The zero-order chi connectivity index (χ0) is 23.7. The summed E-state index contributed by atoms with van der Waals surface area (Å²) in [6, 6.07) is 15.2. The van der Waals surface area contributed by atoms with Crippen molar-refractivity contribution in [1.29, 1.82) is 0 Å². The molecule has 32 heavy (non-hydrogen) atoms. The fraction of sp³-hybridized carbons (Fsp3) is 0.318. The smallest absolute Gasteiger partial charge is 0.321 e. The monoisotopic (exact) mass is 461 g/mol. The van der Waals surface area contributed by atoms with Gasteiger partial charge in [0.05, 0.1) is 4.90 Å². The molecule has 0 saturated carbocycles. The lowest BCUT2D eigenvalue weighted by Crippen LogP contribution is -2.36. The largest absolute Gasteiger partial charge is 0.455 e. The molecule has 0 fully saturated rings. The summed E-state index contributed by atoms with van der Waals surface area (Å²) in [6.45, 7) is 2.63. The Morgan fingerprint density at radius 2 is 1.66 bits per heavy atom. The van der Waals surface area contributed by atoms with Crippen molar-refractivity contribution in [2.45, 2.75) is 24.7 Å². The molecule has 2 rings (SSSR count). The Hall–Kier alpha value is -3.24. The molecule has 1 atom stereocenters. The molecule has 0 radical (unpaired) electrons. The van der Waals surface area contributed by atoms with Crippen molar-refractivity contribution in [3.63, 3.8) is 0 Å². The zero-order valence-corrected chi connectivity index (χ0v) is 19.0. The highest BCUT2D eigenvalue weighted by Gasteiger charge is 2.24. The summed E-state index contributed by atoms with van der Waals surface area (Å²) >= 11 is 0. The maximum atomic E-state index is 12.6. The standard InChI is InChI=1S/C22H27N3O6S/c1-16(18-7-5-4-6-8-18)13-23-21(27)15-31-22(28)14-25(3)32(29,30)20-11-9-19(10-12-20)24-17(2)26/h4-12,16H,13-15H2,1-3H3,(H,23,27)(H,24,26)/t16-/m0/s1. The summed E-state index contributed by atoms with van der Waals surface area (Å²) in [4.78, 5) is 35.0. The number of esters is 1. The van der Waals surface area contributed by atoms with Crippen molar-refractivity contribution in [2.24, 2.45) is 0 Å². The lowest BCUT2D eigenvalue weighted by Gasteiger charge is -2.17. The minimum absolute atomic E-state index is 0.0467. The number of hydrogen-bond acceptors (Lipinski definition) is 6. The predicted octanol–water partition coefficient (Wildman–Crippen LogP) is 1.73. The van der Waals surface area contributed by atoms with Crippen LogP contribution in [-0.2, 0) is 29.1 Å². The van der Waals surface area contributed by atoms with Gasteiger partial charge in [0, 0.05) is 26.2 Å². The third kappa shape index (κ3) is 7.47. The van der Waals surface area contributed by atoms with Crippen molar-refractivity contribution in [2.75, 3.05) is 32.1 Å². The van der Waals surface area contributed by atoms with Gasteiger partial charge < -0.3 is 15.4 Å². The maximum Gasteiger partial charge on any atom is 0.321 e. The number of ether oxygens (including phenoxy) is 1. The third-order valence-corrected chi connectivity index (χ3v) is 6.39. The van der Waals surface area contributed by atoms with Crippen molar-refractivity contribution in [3.8, 4) is 0 Å². The third-order valence-electron chi connectivity index (χ3n) is 4.57. The highest BCUT2D eigenvalue weighted by Crippen LogP contribution is 2.17. The average Bonchev–Trinajstić information content (AvgIpc) is 2.76. The quantitative estimate of drug-likeness (QED) is 0.520. The summed E-state index contributed by atoms with van der Waals surface area (Å²) in [5, 5.41) is 5.23. The Morgan fingerprint density at radius 3 is 2.25 bits per heavy atom. The number of amides is 2. The van der Waals surface area contributed by atoms with E-state index >= 15 is 0 Å². The molecule has 2 aromatic rings. The first-order valence-corrected chi connectivity index (χ1v) is 11.3. The first-order chi connectivity index (χ1) is 15.1. The van der Waals surface area contributed by atoms with E-state index in [1.807, 2.05) is 37.3 Å². The summed E-state index contributed by atoms with van der Waals surface area (Å²) in [5.74, 6) is -1.51. The molecule has 0 bridgehead atoms. The topological polar surface area (TPSA) is 122 Å². The van der Waals surface area contributed by atoms with Gasteiger partial charge in [0.1, 0.15) is 6.54 Å². The maximum absolute atomic E-state index is 12.6. The van der Waals surface area contributed by atoms with Gasteiger partial charge in [-0.1, -0.05) is 37.3 Å². The van der Waals surface area contributed by atoms with Gasteiger partial charge in [-0.25, -0.2) is 8.42 Å². The van der Waals surface area contributed by atoms with Crippen molar-refractivity contribution in [1.82, 2.24) is 9.62 Å². The molecule has 172 valence electrons. The highest BCUT2D eigenvalue weighted by molar-refractivity contribution is 7.89. The fourth-order valence-electron chi connectivity index (χ4n) is 2.77. The predicted molar refractivity (Wildman–Crippen MR) is 119 cm³/mol. The lowest BCUT2D eigenvalue weighted by atomic mass is 10.0. The molecule has 0 aliphatic carbocycles. The zero-order valence-electron chi connectivity index (χ0n) is 18.2. The Bertz CT molecular complexity index is 1040. The van der Waals surface area contributed by atoms with E-state index < -0.39 is 35.1 Å².